The van der Waals surface area contributed by atoms with E-state index in [1.807, 2.05) is 0 Å². The van der Waals surface area contributed by atoms with Crippen LogP contribution < -0.4 is 10.9 Å². The quantitative estimate of drug-likeness (QED) is 0.516. The van der Waals surface area contributed by atoms with Crippen LogP contribution in [-0.2, 0) is 4.74 Å². The molecule has 0 atom stereocenters. The lowest BCUT2D eigenvalue weighted by molar-refractivity contribution is -0.0333. The highest BCUT2D eigenvalue weighted by Crippen LogP contribution is 2.30. The SMILES string of the molecule is COC(=O)NNCC1(O)CCC1. The van der Waals surface area contributed by atoms with Crippen LogP contribution in [0.1, 0.15) is 19.3 Å². The Bertz CT molecular complexity index is 168. The Morgan fingerprint density at radius 2 is 2.33 bits per heavy atom. The lowest BCUT2D eigenvalue weighted by atomic mass is 9.80. The lowest BCUT2D eigenvalue weighted by Crippen LogP contribution is -2.51. The molecule has 1 aliphatic carbocycles. The largest absolute Gasteiger partial charge is 0.452 e. The molecule has 0 spiro atoms. The molecule has 1 rings (SSSR count). The van der Waals surface area contributed by atoms with Gasteiger partial charge in [-0.15, -0.1) is 0 Å². The molecule has 0 aromatic heterocycles. The molecule has 0 aromatic carbocycles. The second-order valence-electron chi connectivity index (χ2n) is 3.05. The van der Waals surface area contributed by atoms with Crippen LogP contribution >= 0.6 is 0 Å². The molecule has 1 amide bonds. The van der Waals surface area contributed by atoms with Crippen molar-refractivity contribution < 1.29 is 14.6 Å². The second kappa shape index (κ2) is 3.73. The van der Waals surface area contributed by atoms with Gasteiger partial charge >= 0.3 is 6.09 Å². The third-order valence-corrected chi connectivity index (χ3v) is 2.08. The highest BCUT2D eigenvalue weighted by Gasteiger charge is 2.33. The van der Waals surface area contributed by atoms with Crippen molar-refractivity contribution in [1.29, 1.82) is 0 Å². The Morgan fingerprint density at radius 1 is 1.67 bits per heavy atom. The molecular weight excluding hydrogens is 160 g/mol. The minimum absolute atomic E-state index is 0.377. The van der Waals surface area contributed by atoms with E-state index in [-0.39, 0.29) is 0 Å². The Balaban J connectivity index is 2.05. The number of carbonyl (C=O) groups is 1. The molecule has 0 heterocycles. The zero-order valence-electron chi connectivity index (χ0n) is 7.09. The third-order valence-electron chi connectivity index (χ3n) is 2.08. The molecule has 0 radical (unpaired) electrons. The maximum atomic E-state index is 10.5. The van der Waals surface area contributed by atoms with Crippen LogP contribution in [-0.4, -0.2) is 30.5 Å². The summed E-state index contributed by atoms with van der Waals surface area (Å²) in [7, 11) is 1.29. The molecule has 0 bridgehead atoms. The summed E-state index contributed by atoms with van der Waals surface area (Å²) in [5.41, 5.74) is 4.27. The van der Waals surface area contributed by atoms with Crippen molar-refractivity contribution in [3.05, 3.63) is 0 Å². The fraction of sp³-hybridized carbons (Fsp3) is 0.857. The number of hydrogen-bond donors (Lipinski definition) is 3. The molecule has 1 saturated carbocycles. The molecule has 0 aliphatic heterocycles. The second-order valence-corrected chi connectivity index (χ2v) is 3.05. The van der Waals surface area contributed by atoms with Crippen molar-refractivity contribution in [2.24, 2.45) is 0 Å². The van der Waals surface area contributed by atoms with Gasteiger partial charge in [-0.2, -0.15) is 0 Å². The number of nitrogens with one attached hydrogen (secondary N) is 2. The molecule has 0 saturated heterocycles. The average Bonchev–Trinajstić information content (AvgIpc) is 2.01. The van der Waals surface area contributed by atoms with E-state index < -0.39 is 11.7 Å². The average molecular weight is 174 g/mol. The summed E-state index contributed by atoms with van der Waals surface area (Å²) >= 11 is 0. The smallest absolute Gasteiger partial charge is 0.421 e. The van der Waals surface area contributed by atoms with Gasteiger partial charge in [0.1, 0.15) is 0 Å². The Labute approximate surface area is 71.1 Å². The predicted octanol–water partition coefficient (Wildman–Crippen LogP) is -0.238. The molecule has 70 valence electrons. The van der Waals surface area contributed by atoms with Gasteiger partial charge in [-0.25, -0.2) is 10.2 Å². The third kappa shape index (κ3) is 2.35. The van der Waals surface area contributed by atoms with Crippen molar-refractivity contribution in [3.8, 4) is 0 Å². The molecular formula is C7H14N2O3. The molecule has 1 aliphatic rings. The standard InChI is InChI=1S/C7H14N2O3/c1-12-6(10)9-8-5-7(11)3-2-4-7/h8,11H,2-5H2,1H3,(H,9,10). The van der Waals surface area contributed by atoms with Crippen molar-refractivity contribution in [2.45, 2.75) is 24.9 Å². The summed E-state index contributed by atoms with van der Waals surface area (Å²) in [6.45, 7) is 0.377. The summed E-state index contributed by atoms with van der Waals surface area (Å²) in [5, 5.41) is 9.54. The van der Waals surface area contributed by atoms with E-state index in [4.69, 9.17) is 0 Å². The number of methoxy groups -OCH3 is 1. The van der Waals surface area contributed by atoms with E-state index in [0.29, 0.717) is 6.54 Å². The summed E-state index contributed by atoms with van der Waals surface area (Å²) in [5.74, 6) is 0. The van der Waals surface area contributed by atoms with Crippen molar-refractivity contribution >= 4 is 6.09 Å². The predicted molar refractivity (Wildman–Crippen MR) is 42.3 cm³/mol. The van der Waals surface area contributed by atoms with Gasteiger partial charge in [0.25, 0.3) is 0 Å². The van der Waals surface area contributed by atoms with Gasteiger partial charge in [0.15, 0.2) is 0 Å². The number of rotatable bonds is 3. The zero-order valence-corrected chi connectivity index (χ0v) is 7.09. The van der Waals surface area contributed by atoms with Crippen LogP contribution in [0.25, 0.3) is 0 Å². The summed E-state index contributed by atoms with van der Waals surface area (Å²) < 4.78 is 4.32. The van der Waals surface area contributed by atoms with Crippen LogP contribution in [0.4, 0.5) is 4.79 Å². The lowest BCUT2D eigenvalue weighted by Gasteiger charge is -2.36. The molecule has 1 fully saturated rings. The van der Waals surface area contributed by atoms with Gasteiger partial charge in [0.05, 0.1) is 12.7 Å². The molecule has 3 N–H and O–H groups in total. The number of amides is 1. The van der Waals surface area contributed by atoms with Crippen molar-refractivity contribution in [1.82, 2.24) is 10.9 Å². The number of hydrogen-bond acceptors (Lipinski definition) is 4. The molecule has 5 heteroatoms. The Kier molecular flexibility index (Phi) is 2.88. The highest BCUT2D eigenvalue weighted by atomic mass is 16.5. The maximum absolute atomic E-state index is 10.5. The zero-order chi connectivity index (χ0) is 9.03. The van der Waals surface area contributed by atoms with E-state index in [1.54, 1.807) is 0 Å². The van der Waals surface area contributed by atoms with Crippen molar-refractivity contribution in [3.63, 3.8) is 0 Å². The minimum Gasteiger partial charge on any atom is -0.452 e. The highest BCUT2D eigenvalue weighted by molar-refractivity contribution is 5.66. The van der Waals surface area contributed by atoms with E-state index >= 15 is 0 Å². The van der Waals surface area contributed by atoms with Gasteiger partial charge < -0.3 is 9.84 Å². The van der Waals surface area contributed by atoms with Crippen molar-refractivity contribution in [2.75, 3.05) is 13.7 Å². The first-order chi connectivity index (χ1) is 5.66. The van der Waals surface area contributed by atoms with Gasteiger partial charge in [0.2, 0.25) is 0 Å². The van der Waals surface area contributed by atoms with Crippen LogP contribution in [0.15, 0.2) is 0 Å². The number of hydrazine groups is 1. The van der Waals surface area contributed by atoms with Gasteiger partial charge in [0, 0.05) is 6.54 Å². The minimum atomic E-state index is -0.624. The summed E-state index contributed by atoms with van der Waals surface area (Å²) in [6, 6.07) is 0. The van der Waals surface area contributed by atoms with E-state index in [2.05, 4.69) is 15.6 Å². The first-order valence-corrected chi connectivity index (χ1v) is 3.95. The van der Waals surface area contributed by atoms with E-state index in [0.717, 1.165) is 19.3 Å². The van der Waals surface area contributed by atoms with Crippen LogP contribution in [0.2, 0.25) is 0 Å². The molecule has 0 unspecified atom stereocenters. The molecule has 12 heavy (non-hydrogen) atoms. The number of ether oxygens (including phenoxy) is 1. The molecule has 0 aromatic rings. The van der Waals surface area contributed by atoms with Gasteiger partial charge in [-0.3, -0.25) is 5.43 Å². The maximum Gasteiger partial charge on any atom is 0.421 e. The molecule has 5 nitrogen and oxygen atoms in total. The topological polar surface area (TPSA) is 70.6 Å². The van der Waals surface area contributed by atoms with E-state index in [9.17, 15) is 9.90 Å². The Morgan fingerprint density at radius 3 is 2.75 bits per heavy atom. The van der Waals surface area contributed by atoms with E-state index in [1.165, 1.54) is 7.11 Å². The monoisotopic (exact) mass is 174 g/mol. The van der Waals surface area contributed by atoms with Gasteiger partial charge in [-0.1, -0.05) is 0 Å². The normalized spacial score (nSPS) is 19.5. The first-order valence-electron chi connectivity index (χ1n) is 3.95. The van der Waals surface area contributed by atoms with Crippen LogP contribution in [0.3, 0.4) is 0 Å². The number of carbonyl (C=O) groups excluding carboxylic acids is 1. The summed E-state index contributed by atoms with van der Waals surface area (Å²) in [6.07, 6.45) is 2.10. The fourth-order valence-electron chi connectivity index (χ4n) is 1.09. The number of aliphatic hydroxyl groups is 1. The van der Waals surface area contributed by atoms with Gasteiger partial charge in [-0.05, 0) is 19.3 Å². The fourth-order valence-corrected chi connectivity index (χ4v) is 1.09. The van der Waals surface area contributed by atoms with Crippen LogP contribution in [0.5, 0.6) is 0 Å². The Hall–Kier alpha value is -0.810. The summed E-state index contributed by atoms with van der Waals surface area (Å²) in [4.78, 5) is 10.5. The van der Waals surface area contributed by atoms with Crippen LogP contribution in [0, 0.1) is 0 Å². The first kappa shape index (κ1) is 9.28.